The Morgan fingerprint density at radius 1 is 1.53 bits per heavy atom. The van der Waals surface area contributed by atoms with E-state index in [0.29, 0.717) is 32.5 Å². The van der Waals surface area contributed by atoms with E-state index in [2.05, 4.69) is 5.32 Å². The molecule has 1 aliphatic rings. The number of aryl methyl sites for hydroxylation is 1. The van der Waals surface area contributed by atoms with Crippen LogP contribution in [0.3, 0.4) is 0 Å². The zero-order valence-corrected chi connectivity index (χ0v) is 11.4. The lowest BCUT2D eigenvalue weighted by molar-refractivity contribution is -0.128. The van der Waals surface area contributed by atoms with Gasteiger partial charge in [0.25, 0.3) is 0 Å². The van der Waals surface area contributed by atoms with Crippen molar-refractivity contribution >= 4 is 11.8 Å². The van der Waals surface area contributed by atoms with Gasteiger partial charge in [-0.05, 0) is 26.0 Å². The monoisotopic (exact) mass is 264 g/mol. The topological polar surface area (TPSA) is 62.6 Å². The molecule has 1 aromatic rings. The van der Waals surface area contributed by atoms with Gasteiger partial charge in [0, 0.05) is 32.5 Å². The van der Waals surface area contributed by atoms with Crippen molar-refractivity contribution in [2.45, 2.75) is 26.7 Å². The number of nitrogens with one attached hydrogen (secondary N) is 1. The molecule has 5 heteroatoms. The third-order valence-corrected chi connectivity index (χ3v) is 3.43. The SMILES string of the molecule is CCN1C[C@H](C(=O)NCCc2ccc(C)o2)CC1=O. The van der Waals surface area contributed by atoms with Gasteiger partial charge in [-0.3, -0.25) is 9.59 Å². The first-order chi connectivity index (χ1) is 9.10. The molecule has 0 aliphatic carbocycles. The van der Waals surface area contributed by atoms with Gasteiger partial charge in [0.1, 0.15) is 11.5 Å². The molecule has 0 unspecified atom stereocenters. The molecule has 5 nitrogen and oxygen atoms in total. The first kappa shape index (κ1) is 13.6. The molecule has 2 heterocycles. The fourth-order valence-electron chi connectivity index (χ4n) is 2.33. The van der Waals surface area contributed by atoms with E-state index in [4.69, 9.17) is 4.42 Å². The zero-order chi connectivity index (χ0) is 13.8. The number of hydrogen-bond donors (Lipinski definition) is 1. The van der Waals surface area contributed by atoms with Crippen molar-refractivity contribution in [2.24, 2.45) is 5.92 Å². The van der Waals surface area contributed by atoms with Gasteiger partial charge in [-0.15, -0.1) is 0 Å². The highest BCUT2D eigenvalue weighted by molar-refractivity contribution is 5.89. The van der Waals surface area contributed by atoms with E-state index >= 15 is 0 Å². The molecule has 1 aliphatic heterocycles. The minimum absolute atomic E-state index is 0.0346. The average Bonchev–Trinajstić information content (AvgIpc) is 2.95. The molecule has 1 fully saturated rings. The maximum Gasteiger partial charge on any atom is 0.225 e. The lowest BCUT2D eigenvalue weighted by atomic mass is 10.1. The summed E-state index contributed by atoms with van der Waals surface area (Å²) in [5.74, 6) is 1.58. The molecule has 2 amide bonds. The third-order valence-electron chi connectivity index (χ3n) is 3.43. The van der Waals surface area contributed by atoms with Gasteiger partial charge >= 0.3 is 0 Å². The summed E-state index contributed by atoms with van der Waals surface area (Å²) in [6, 6.07) is 3.82. The highest BCUT2D eigenvalue weighted by atomic mass is 16.3. The molecule has 0 radical (unpaired) electrons. The Morgan fingerprint density at radius 2 is 2.32 bits per heavy atom. The van der Waals surface area contributed by atoms with E-state index in [1.165, 1.54) is 0 Å². The Morgan fingerprint density at radius 3 is 2.89 bits per heavy atom. The number of amides is 2. The van der Waals surface area contributed by atoms with Crippen molar-refractivity contribution in [3.63, 3.8) is 0 Å². The second-order valence-electron chi connectivity index (χ2n) is 4.89. The standard InChI is InChI=1S/C14H20N2O3/c1-3-16-9-11(8-13(16)17)14(18)15-7-6-12-5-4-10(2)19-12/h4-5,11H,3,6-9H2,1-2H3,(H,15,18)/t11-/m1/s1. The van der Waals surface area contributed by atoms with E-state index in [-0.39, 0.29) is 17.7 Å². The molecule has 1 saturated heterocycles. The van der Waals surface area contributed by atoms with Crippen LogP contribution in [0.15, 0.2) is 16.5 Å². The van der Waals surface area contributed by atoms with E-state index in [1.54, 1.807) is 4.90 Å². The van der Waals surface area contributed by atoms with Crippen molar-refractivity contribution in [3.8, 4) is 0 Å². The summed E-state index contributed by atoms with van der Waals surface area (Å²) in [5, 5.41) is 2.87. The summed E-state index contributed by atoms with van der Waals surface area (Å²) in [6.45, 7) is 5.58. The van der Waals surface area contributed by atoms with Crippen LogP contribution in [0.5, 0.6) is 0 Å². The number of carbonyl (C=O) groups excluding carboxylic acids is 2. The van der Waals surface area contributed by atoms with Crippen LogP contribution in [-0.4, -0.2) is 36.3 Å². The van der Waals surface area contributed by atoms with Crippen LogP contribution < -0.4 is 5.32 Å². The smallest absolute Gasteiger partial charge is 0.225 e. The summed E-state index contributed by atoms with van der Waals surface area (Å²) in [6.07, 6.45) is 1.01. The maximum absolute atomic E-state index is 11.9. The fraction of sp³-hybridized carbons (Fsp3) is 0.571. The Labute approximate surface area is 113 Å². The van der Waals surface area contributed by atoms with Crippen molar-refractivity contribution in [2.75, 3.05) is 19.6 Å². The van der Waals surface area contributed by atoms with Gasteiger partial charge in [-0.1, -0.05) is 0 Å². The first-order valence-electron chi connectivity index (χ1n) is 6.71. The Hall–Kier alpha value is -1.78. The van der Waals surface area contributed by atoms with E-state index in [9.17, 15) is 9.59 Å². The average molecular weight is 264 g/mol. The van der Waals surface area contributed by atoms with Crippen molar-refractivity contribution < 1.29 is 14.0 Å². The Balaban J connectivity index is 1.74. The number of furan rings is 1. The van der Waals surface area contributed by atoms with Crippen molar-refractivity contribution in [3.05, 3.63) is 23.7 Å². The van der Waals surface area contributed by atoms with Crippen LogP contribution in [0.1, 0.15) is 24.9 Å². The third kappa shape index (κ3) is 3.36. The molecule has 0 spiro atoms. The minimum Gasteiger partial charge on any atom is -0.466 e. The number of nitrogens with zero attached hydrogens (tertiary/aromatic N) is 1. The quantitative estimate of drug-likeness (QED) is 0.866. The lowest BCUT2D eigenvalue weighted by Crippen LogP contribution is -2.34. The molecular formula is C14H20N2O3. The second-order valence-corrected chi connectivity index (χ2v) is 4.89. The molecule has 1 aromatic heterocycles. The molecule has 1 atom stereocenters. The van der Waals surface area contributed by atoms with Crippen LogP contribution >= 0.6 is 0 Å². The van der Waals surface area contributed by atoms with Gasteiger partial charge in [0.15, 0.2) is 0 Å². The van der Waals surface area contributed by atoms with Gasteiger partial charge in [0.05, 0.1) is 5.92 Å². The number of carbonyl (C=O) groups is 2. The summed E-state index contributed by atoms with van der Waals surface area (Å²) in [5.41, 5.74) is 0. The molecule has 1 N–H and O–H groups in total. The van der Waals surface area contributed by atoms with E-state index < -0.39 is 0 Å². The van der Waals surface area contributed by atoms with Crippen molar-refractivity contribution in [1.82, 2.24) is 10.2 Å². The zero-order valence-electron chi connectivity index (χ0n) is 11.4. The molecule has 2 rings (SSSR count). The van der Waals surface area contributed by atoms with Crippen LogP contribution in [0.2, 0.25) is 0 Å². The lowest BCUT2D eigenvalue weighted by Gasteiger charge is -2.13. The minimum atomic E-state index is -0.203. The highest BCUT2D eigenvalue weighted by Crippen LogP contribution is 2.17. The van der Waals surface area contributed by atoms with Crippen molar-refractivity contribution in [1.29, 1.82) is 0 Å². The number of likely N-dealkylation sites (tertiary alicyclic amines) is 1. The summed E-state index contributed by atoms with van der Waals surface area (Å²) < 4.78 is 5.43. The molecular weight excluding hydrogens is 244 g/mol. The molecule has 0 aromatic carbocycles. The van der Waals surface area contributed by atoms with E-state index in [0.717, 1.165) is 11.5 Å². The molecule has 19 heavy (non-hydrogen) atoms. The number of hydrogen-bond acceptors (Lipinski definition) is 3. The molecule has 0 saturated carbocycles. The summed E-state index contributed by atoms with van der Waals surface area (Å²) in [7, 11) is 0. The van der Waals surface area contributed by atoms with Gasteiger partial charge in [0.2, 0.25) is 11.8 Å². The number of rotatable bonds is 5. The molecule has 104 valence electrons. The molecule has 0 bridgehead atoms. The van der Waals surface area contributed by atoms with Crippen LogP contribution in [-0.2, 0) is 16.0 Å². The predicted molar refractivity (Wildman–Crippen MR) is 70.5 cm³/mol. The first-order valence-corrected chi connectivity index (χ1v) is 6.71. The largest absolute Gasteiger partial charge is 0.466 e. The summed E-state index contributed by atoms with van der Waals surface area (Å²) >= 11 is 0. The predicted octanol–water partition coefficient (Wildman–Crippen LogP) is 1.12. The summed E-state index contributed by atoms with van der Waals surface area (Å²) in [4.78, 5) is 25.2. The Bertz CT molecular complexity index is 467. The normalized spacial score (nSPS) is 18.9. The van der Waals surface area contributed by atoms with Crippen LogP contribution in [0.4, 0.5) is 0 Å². The van der Waals surface area contributed by atoms with Gasteiger partial charge in [-0.25, -0.2) is 0 Å². The van der Waals surface area contributed by atoms with Crippen LogP contribution in [0, 0.1) is 12.8 Å². The second kappa shape index (κ2) is 5.91. The van der Waals surface area contributed by atoms with E-state index in [1.807, 2.05) is 26.0 Å². The van der Waals surface area contributed by atoms with Gasteiger partial charge < -0.3 is 14.6 Å². The van der Waals surface area contributed by atoms with Crippen LogP contribution in [0.25, 0.3) is 0 Å². The Kier molecular flexibility index (Phi) is 4.24. The highest BCUT2D eigenvalue weighted by Gasteiger charge is 2.32. The van der Waals surface area contributed by atoms with Gasteiger partial charge in [-0.2, -0.15) is 0 Å². The fourth-order valence-corrected chi connectivity index (χ4v) is 2.33. The maximum atomic E-state index is 11.9.